The monoisotopic (exact) mass is 203 g/mol. The van der Waals surface area contributed by atoms with Gasteiger partial charge in [-0.25, -0.2) is 4.98 Å². The molecule has 3 heteroatoms. The molecule has 2 rings (SSSR count). The van der Waals surface area contributed by atoms with E-state index in [1.54, 1.807) is 6.20 Å². The summed E-state index contributed by atoms with van der Waals surface area (Å²) in [5.41, 5.74) is 3.01. The van der Waals surface area contributed by atoms with Gasteiger partial charge in [0.15, 0.2) is 5.82 Å². The van der Waals surface area contributed by atoms with Gasteiger partial charge in [-0.3, -0.25) is 4.98 Å². The molecule has 0 radical (unpaired) electrons. The number of imidazole rings is 1. The Hall–Kier alpha value is -1.64. The van der Waals surface area contributed by atoms with E-state index in [-0.39, 0.29) is 0 Å². The van der Waals surface area contributed by atoms with Crippen molar-refractivity contribution in [2.75, 3.05) is 0 Å². The Morgan fingerprint density at radius 2 is 1.87 bits per heavy atom. The van der Waals surface area contributed by atoms with Crippen molar-refractivity contribution in [3.63, 3.8) is 0 Å². The molecule has 0 aliphatic rings. The molecule has 2 aromatic rings. The first-order valence-corrected chi connectivity index (χ1v) is 5.22. The standard InChI is InChI=1S/C10H11N3.C2H6/c1-7-8(2)13-10(12-7)9-5-3-4-6-11-9;1-2/h3-6H,1-2H3,(H,12,13);1-2H3. The van der Waals surface area contributed by atoms with Gasteiger partial charge in [0.25, 0.3) is 0 Å². The molecule has 2 aromatic heterocycles. The highest BCUT2D eigenvalue weighted by Crippen LogP contribution is 2.13. The second-order valence-electron chi connectivity index (χ2n) is 3.01. The van der Waals surface area contributed by atoms with Crippen LogP contribution in [-0.4, -0.2) is 15.0 Å². The lowest BCUT2D eigenvalue weighted by molar-refractivity contribution is 1.20. The summed E-state index contributed by atoms with van der Waals surface area (Å²) in [5.74, 6) is 0.843. The van der Waals surface area contributed by atoms with Crippen LogP contribution in [0.3, 0.4) is 0 Å². The van der Waals surface area contributed by atoms with E-state index in [9.17, 15) is 0 Å². The summed E-state index contributed by atoms with van der Waals surface area (Å²) in [4.78, 5) is 11.8. The lowest BCUT2D eigenvalue weighted by atomic mass is 10.3. The van der Waals surface area contributed by atoms with Crippen LogP contribution in [0.4, 0.5) is 0 Å². The highest BCUT2D eigenvalue weighted by atomic mass is 15.0. The third kappa shape index (κ3) is 2.65. The molecular weight excluding hydrogens is 186 g/mol. The maximum absolute atomic E-state index is 4.36. The summed E-state index contributed by atoms with van der Waals surface area (Å²) in [6.07, 6.45) is 1.77. The Bertz CT molecular complexity index is 385. The zero-order valence-electron chi connectivity index (χ0n) is 9.70. The summed E-state index contributed by atoms with van der Waals surface area (Å²) >= 11 is 0. The summed E-state index contributed by atoms with van der Waals surface area (Å²) in [5, 5.41) is 0. The van der Waals surface area contributed by atoms with Crippen LogP contribution >= 0.6 is 0 Å². The van der Waals surface area contributed by atoms with Crippen LogP contribution in [0.2, 0.25) is 0 Å². The Morgan fingerprint density at radius 3 is 2.33 bits per heavy atom. The van der Waals surface area contributed by atoms with E-state index in [0.717, 1.165) is 22.9 Å². The Morgan fingerprint density at radius 1 is 1.13 bits per heavy atom. The molecule has 0 amide bonds. The molecule has 0 atom stereocenters. The first-order valence-electron chi connectivity index (χ1n) is 5.22. The summed E-state index contributed by atoms with van der Waals surface area (Å²) in [6, 6.07) is 5.79. The number of nitrogens with zero attached hydrogens (tertiary/aromatic N) is 2. The molecule has 0 saturated carbocycles. The van der Waals surface area contributed by atoms with Gasteiger partial charge in [0.1, 0.15) is 5.69 Å². The normalized spacial score (nSPS) is 9.33. The fourth-order valence-corrected chi connectivity index (χ4v) is 1.17. The number of hydrogen-bond donors (Lipinski definition) is 1. The van der Waals surface area contributed by atoms with Gasteiger partial charge >= 0.3 is 0 Å². The SMILES string of the molecule is CC.Cc1nc(-c2ccccn2)[nH]c1C. The van der Waals surface area contributed by atoms with E-state index in [1.165, 1.54) is 0 Å². The summed E-state index contributed by atoms with van der Waals surface area (Å²) in [7, 11) is 0. The molecule has 0 aliphatic carbocycles. The van der Waals surface area contributed by atoms with E-state index in [1.807, 2.05) is 45.9 Å². The Kier molecular flexibility index (Phi) is 4.03. The third-order valence-corrected chi connectivity index (χ3v) is 2.04. The first-order chi connectivity index (χ1) is 7.27. The number of pyridine rings is 1. The molecule has 15 heavy (non-hydrogen) atoms. The molecular formula is C12H17N3. The average Bonchev–Trinajstić information content (AvgIpc) is 2.63. The topological polar surface area (TPSA) is 41.6 Å². The summed E-state index contributed by atoms with van der Waals surface area (Å²) < 4.78 is 0. The number of H-pyrrole nitrogens is 1. The van der Waals surface area contributed by atoms with Crippen molar-refractivity contribution in [1.29, 1.82) is 0 Å². The van der Waals surface area contributed by atoms with E-state index in [4.69, 9.17) is 0 Å². The van der Waals surface area contributed by atoms with Crippen molar-refractivity contribution >= 4 is 0 Å². The number of aromatic nitrogens is 3. The highest BCUT2D eigenvalue weighted by molar-refractivity contribution is 5.49. The maximum atomic E-state index is 4.36. The molecule has 0 fully saturated rings. The summed E-state index contributed by atoms with van der Waals surface area (Å²) in [6.45, 7) is 7.99. The zero-order valence-corrected chi connectivity index (χ0v) is 9.70. The fourth-order valence-electron chi connectivity index (χ4n) is 1.17. The van der Waals surface area contributed by atoms with Crippen molar-refractivity contribution < 1.29 is 0 Å². The van der Waals surface area contributed by atoms with E-state index < -0.39 is 0 Å². The minimum absolute atomic E-state index is 0.843. The number of aryl methyl sites for hydroxylation is 2. The smallest absolute Gasteiger partial charge is 0.156 e. The van der Waals surface area contributed by atoms with E-state index in [0.29, 0.717) is 0 Å². The van der Waals surface area contributed by atoms with Gasteiger partial charge in [-0.15, -0.1) is 0 Å². The molecule has 2 heterocycles. The van der Waals surface area contributed by atoms with Crippen LogP contribution in [0.25, 0.3) is 11.5 Å². The van der Waals surface area contributed by atoms with E-state index >= 15 is 0 Å². The Balaban J connectivity index is 0.000000531. The fraction of sp³-hybridized carbons (Fsp3) is 0.333. The third-order valence-electron chi connectivity index (χ3n) is 2.04. The van der Waals surface area contributed by atoms with Gasteiger partial charge < -0.3 is 4.98 Å². The van der Waals surface area contributed by atoms with E-state index in [2.05, 4.69) is 15.0 Å². The molecule has 0 spiro atoms. The number of aromatic amines is 1. The molecule has 3 nitrogen and oxygen atoms in total. The lowest BCUT2D eigenvalue weighted by Crippen LogP contribution is -1.83. The van der Waals surface area contributed by atoms with Crippen molar-refractivity contribution in [1.82, 2.24) is 15.0 Å². The predicted octanol–water partition coefficient (Wildman–Crippen LogP) is 3.11. The van der Waals surface area contributed by atoms with Gasteiger partial charge in [0.2, 0.25) is 0 Å². The minimum atomic E-state index is 0.843. The largest absolute Gasteiger partial charge is 0.341 e. The van der Waals surface area contributed by atoms with Gasteiger partial charge in [-0.2, -0.15) is 0 Å². The van der Waals surface area contributed by atoms with Crippen molar-refractivity contribution in [2.45, 2.75) is 27.7 Å². The van der Waals surface area contributed by atoms with Gasteiger partial charge in [0.05, 0.1) is 5.69 Å². The van der Waals surface area contributed by atoms with Crippen molar-refractivity contribution in [3.8, 4) is 11.5 Å². The highest BCUT2D eigenvalue weighted by Gasteiger charge is 2.04. The van der Waals surface area contributed by atoms with Crippen LogP contribution in [-0.2, 0) is 0 Å². The van der Waals surface area contributed by atoms with Crippen molar-refractivity contribution in [3.05, 3.63) is 35.8 Å². The zero-order chi connectivity index (χ0) is 11.3. The Labute approximate surface area is 90.6 Å². The molecule has 1 N–H and O–H groups in total. The second-order valence-corrected chi connectivity index (χ2v) is 3.01. The molecule has 80 valence electrons. The second kappa shape index (κ2) is 5.29. The minimum Gasteiger partial charge on any atom is -0.341 e. The van der Waals surface area contributed by atoms with Crippen LogP contribution in [0.5, 0.6) is 0 Å². The maximum Gasteiger partial charge on any atom is 0.156 e. The quantitative estimate of drug-likeness (QED) is 0.773. The number of nitrogens with one attached hydrogen (secondary N) is 1. The predicted molar refractivity (Wildman–Crippen MR) is 62.6 cm³/mol. The van der Waals surface area contributed by atoms with Crippen LogP contribution in [0.15, 0.2) is 24.4 Å². The molecule has 0 aliphatic heterocycles. The lowest BCUT2D eigenvalue weighted by Gasteiger charge is -1.92. The van der Waals surface area contributed by atoms with Gasteiger partial charge in [-0.05, 0) is 26.0 Å². The number of rotatable bonds is 1. The number of hydrogen-bond acceptors (Lipinski definition) is 2. The van der Waals surface area contributed by atoms with Gasteiger partial charge in [0, 0.05) is 11.9 Å². The molecule has 0 unspecified atom stereocenters. The average molecular weight is 203 g/mol. The van der Waals surface area contributed by atoms with Crippen LogP contribution in [0.1, 0.15) is 25.2 Å². The van der Waals surface area contributed by atoms with Gasteiger partial charge in [-0.1, -0.05) is 19.9 Å². The first kappa shape index (κ1) is 11.4. The molecule has 0 bridgehead atoms. The molecule has 0 saturated heterocycles. The van der Waals surface area contributed by atoms with Crippen molar-refractivity contribution in [2.24, 2.45) is 0 Å². The van der Waals surface area contributed by atoms with Crippen LogP contribution in [0, 0.1) is 13.8 Å². The van der Waals surface area contributed by atoms with Crippen LogP contribution < -0.4 is 0 Å². The molecule has 0 aromatic carbocycles.